The summed E-state index contributed by atoms with van der Waals surface area (Å²) in [6.45, 7) is 5.56. The number of carbonyl (C=O) groups is 3. The monoisotopic (exact) mass is 286 g/mol. The molecule has 0 N–H and O–H groups in total. The minimum absolute atomic E-state index is 0.0915. The fraction of sp³-hybridized carbons (Fsp3) is 0.786. The summed E-state index contributed by atoms with van der Waals surface area (Å²) in [4.78, 5) is 36.1. The molecule has 6 heteroatoms. The first-order valence-corrected chi connectivity index (χ1v) is 7.05. The van der Waals surface area contributed by atoms with Crippen LogP contribution in [0.2, 0.25) is 0 Å². The second kappa shape index (κ2) is 7.99. The first kappa shape index (κ1) is 16.6. The molecule has 0 aromatic heterocycles. The van der Waals surface area contributed by atoms with E-state index in [1.807, 2.05) is 0 Å². The smallest absolute Gasteiger partial charge is 0.328 e. The maximum atomic E-state index is 12.4. The minimum atomic E-state index is -1.54. The molecule has 1 unspecified atom stereocenters. The lowest BCUT2D eigenvalue weighted by Gasteiger charge is -2.20. The quantitative estimate of drug-likeness (QED) is 0.467. The predicted octanol–water partition coefficient (Wildman–Crippen LogP) is 1.11. The van der Waals surface area contributed by atoms with Crippen molar-refractivity contribution >= 4 is 17.7 Å². The van der Waals surface area contributed by atoms with Gasteiger partial charge in [-0.05, 0) is 39.5 Å². The van der Waals surface area contributed by atoms with Gasteiger partial charge in [0, 0.05) is 6.61 Å². The molecular formula is C14H22O6. The van der Waals surface area contributed by atoms with Crippen LogP contribution in [-0.2, 0) is 28.6 Å². The van der Waals surface area contributed by atoms with Crippen LogP contribution in [0, 0.1) is 11.8 Å². The van der Waals surface area contributed by atoms with Crippen molar-refractivity contribution in [2.45, 2.75) is 39.7 Å². The molecule has 0 amide bonds. The van der Waals surface area contributed by atoms with Gasteiger partial charge in [-0.2, -0.15) is 0 Å². The van der Waals surface area contributed by atoms with E-state index in [1.54, 1.807) is 20.8 Å². The number of hydrogen-bond acceptors (Lipinski definition) is 6. The molecule has 114 valence electrons. The van der Waals surface area contributed by atoms with Crippen LogP contribution in [0.1, 0.15) is 33.6 Å². The molecule has 0 aliphatic heterocycles. The Morgan fingerprint density at radius 1 is 0.950 bits per heavy atom. The van der Waals surface area contributed by atoms with E-state index in [9.17, 15) is 14.4 Å². The minimum Gasteiger partial charge on any atom is -0.465 e. The maximum absolute atomic E-state index is 12.4. The van der Waals surface area contributed by atoms with Crippen molar-refractivity contribution in [3.05, 3.63) is 0 Å². The Bertz CT molecular complexity index is 343. The molecule has 0 aromatic carbocycles. The van der Waals surface area contributed by atoms with Gasteiger partial charge < -0.3 is 14.2 Å². The number of hydrogen-bond donors (Lipinski definition) is 0. The third kappa shape index (κ3) is 4.30. The van der Waals surface area contributed by atoms with E-state index in [4.69, 9.17) is 14.2 Å². The second-order valence-corrected chi connectivity index (χ2v) is 4.55. The standard InChI is InChI=1S/C14H22O6/c1-4-18-12(9-7-8-9)11(15)10(13(16)19-5-2)14(17)20-6-3/h9-10,12H,4-8H2,1-3H3. The molecule has 1 aliphatic carbocycles. The van der Waals surface area contributed by atoms with E-state index in [1.165, 1.54) is 0 Å². The third-order valence-corrected chi connectivity index (χ3v) is 3.01. The maximum Gasteiger partial charge on any atom is 0.328 e. The first-order valence-electron chi connectivity index (χ1n) is 7.05. The molecule has 1 fully saturated rings. The zero-order chi connectivity index (χ0) is 15.1. The largest absolute Gasteiger partial charge is 0.465 e. The van der Waals surface area contributed by atoms with Gasteiger partial charge in [0.25, 0.3) is 0 Å². The van der Waals surface area contributed by atoms with Gasteiger partial charge in [-0.3, -0.25) is 14.4 Å². The summed E-state index contributed by atoms with van der Waals surface area (Å²) in [5.74, 6) is -3.71. The fourth-order valence-corrected chi connectivity index (χ4v) is 1.97. The molecule has 0 spiro atoms. The lowest BCUT2D eigenvalue weighted by atomic mass is 9.97. The van der Waals surface area contributed by atoms with Gasteiger partial charge in [0.15, 0.2) is 5.78 Å². The molecule has 1 saturated carbocycles. The van der Waals surface area contributed by atoms with Crippen molar-refractivity contribution in [2.24, 2.45) is 11.8 Å². The van der Waals surface area contributed by atoms with Gasteiger partial charge in [0.1, 0.15) is 6.10 Å². The highest BCUT2D eigenvalue weighted by Gasteiger charge is 2.46. The van der Waals surface area contributed by atoms with E-state index in [0.717, 1.165) is 12.8 Å². The van der Waals surface area contributed by atoms with Crippen molar-refractivity contribution < 1.29 is 28.6 Å². The van der Waals surface area contributed by atoms with Gasteiger partial charge in [0.05, 0.1) is 13.2 Å². The average molecular weight is 286 g/mol. The lowest BCUT2D eigenvalue weighted by molar-refractivity contribution is -0.167. The highest BCUT2D eigenvalue weighted by molar-refractivity contribution is 6.16. The van der Waals surface area contributed by atoms with Crippen molar-refractivity contribution in [1.82, 2.24) is 0 Å². The lowest BCUT2D eigenvalue weighted by Crippen LogP contribution is -2.42. The molecule has 0 saturated heterocycles. The summed E-state index contributed by atoms with van der Waals surface area (Å²) < 4.78 is 15.0. The Morgan fingerprint density at radius 3 is 1.80 bits per heavy atom. The van der Waals surface area contributed by atoms with E-state index in [-0.39, 0.29) is 19.1 Å². The average Bonchev–Trinajstić information content (AvgIpc) is 3.21. The zero-order valence-electron chi connectivity index (χ0n) is 12.2. The predicted molar refractivity (Wildman–Crippen MR) is 69.9 cm³/mol. The molecule has 1 aliphatic rings. The number of rotatable bonds is 9. The Hall–Kier alpha value is -1.43. The molecule has 0 bridgehead atoms. The molecule has 0 aromatic rings. The molecule has 1 atom stereocenters. The summed E-state index contributed by atoms with van der Waals surface area (Å²) in [5, 5.41) is 0. The second-order valence-electron chi connectivity index (χ2n) is 4.55. The van der Waals surface area contributed by atoms with Crippen LogP contribution in [0.5, 0.6) is 0 Å². The molecule has 0 radical (unpaired) electrons. The Morgan fingerprint density at radius 2 is 1.45 bits per heavy atom. The topological polar surface area (TPSA) is 78.9 Å². The molecule has 20 heavy (non-hydrogen) atoms. The van der Waals surface area contributed by atoms with Gasteiger partial charge in [0.2, 0.25) is 5.92 Å². The highest BCUT2D eigenvalue weighted by atomic mass is 16.6. The summed E-state index contributed by atoms with van der Waals surface area (Å²) in [6.07, 6.45) is 1.02. The molecule has 0 heterocycles. The van der Waals surface area contributed by atoms with Crippen molar-refractivity contribution in [2.75, 3.05) is 19.8 Å². The molecule has 6 nitrogen and oxygen atoms in total. The Labute approximate surface area is 118 Å². The zero-order valence-corrected chi connectivity index (χ0v) is 12.2. The first-order chi connectivity index (χ1) is 9.56. The van der Waals surface area contributed by atoms with Gasteiger partial charge >= 0.3 is 11.9 Å². The van der Waals surface area contributed by atoms with Crippen molar-refractivity contribution in [3.8, 4) is 0 Å². The van der Waals surface area contributed by atoms with Crippen molar-refractivity contribution in [3.63, 3.8) is 0 Å². The van der Waals surface area contributed by atoms with Crippen LogP contribution in [0.3, 0.4) is 0 Å². The van der Waals surface area contributed by atoms with Gasteiger partial charge in [-0.25, -0.2) is 0 Å². The Kier molecular flexibility index (Phi) is 6.64. The summed E-state index contributed by atoms with van der Waals surface area (Å²) in [6, 6.07) is 0. The van der Waals surface area contributed by atoms with E-state index in [0.29, 0.717) is 6.61 Å². The number of carbonyl (C=O) groups excluding carboxylic acids is 3. The van der Waals surface area contributed by atoms with Crippen LogP contribution in [0.4, 0.5) is 0 Å². The van der Waals surface area contributed by atoms with Gasteiger partial charge in [-0.1, -0.05) is 0 Å². The van der Waals surface area contributed by atoms with Crippen LogP contribution >= 0.6 is 0 Å². The number of ether oxygens (including phenoxy) is 3. The summed E-state index contributed by atoms with van der Waals surface area (Å²) in [5.41, 5.74) is 0. The molecule has 1 rings (SSSR count). The number of ketones is 1. The summed E-state index contributed by atoms with van der Waals surface area (Å²) in [7, 11) is 0. The number of esters is 2. The third-order valence-electron chi connectivity index (χ3n) is 3.01. The Balaban J connectivity index is 2.86. The van der Waals surface area contributed by atoms with Crippen LogP contribution in [0.25, 0.3) is 0 Å². The fourth-order valence-electron chi connectivity index (χ4n) is 1.97. The SMILES string of the molecule is CCOC(=O)C(C(=O)OCC)C(=O)C(OCC)C1CC1. The number of Topliss-reactive ketones (excluding diaryl/α,β-unsaturated/α-hetero) is 1. The summed E-state index contributed by atoms with van der Waals surface area (Å²) >= 11 is 0. The van der Waals surface area contributed by atoms with Crippen LogP contribution < -0.4 is 0 Å². The van der Waals surface area contributed by atoms with E-state index < -0.39 is 29.7 Å². The molecular weight excluding hydrogens is 264 g/mol. The van der Waals surface area contributed by atoms with Crippen molar-refractivity contribution in [1.29, 1.82) is 0 Å². The van der Waals surface area contributed by atoms with Gasteiger partial charge in [-0.15, -0.1) is 0 Å². The van der Waals surface area contributed by atoms with Crippen LogP contribution in [0.15, 0.2) is 0 Å². The normalized spacial score (nSPS) is 15.8. The van der Waals surface area contributed by atoms with E-state index >= 15 is 0 Å². The van der Waals surface area contributed by atoms with Crippen LogP contribution in [-0.4, -0.2) is 43.6 Å². The van der Waals surface area contributed by atoms with E-state index in [2.05, 4.69) is 0 Å². The highest BCUT2D eigenvalue weighted by Crippen LogP contribution is 2.36.